The summed E-state index contributed by atoms with van der Waals surface area (Å²) in [4.78, 5) is 21.3. The van der Waals surface area contributed by atoms with Gasteiger partial charge >= 0.3 is 11.9 Å². The van der Waals surface area contributed by atoms with Crippen LogP contribution in [0.2, 0.25) is 0 Å². The first-order valence-electron chi connectivity index (χ1n) is 4.49. The first-order valence-corrected chi connectivity index (χ1v) is 4.49. The molecule has 1 aliphatic carbocycles. The Hall–Kier alpha value is -1.32. The Bertz CT molecular complexity index is 269. The lowest BCUT2D eigenvalue weighted by molar-refractivity contribution is -0.157. The molecule has 0 aliphatic heterocycles. The highest BCUT2D eigenvalue weighted by molar-refractivity contribution is 5.67. The Kier molecular flexibility index (Phi) is 3.28. The summed E-state index contributed by atoms with van der Waals surface area (Å²) in [5.41, 5.74) is 1.04. The van der Waals surface area contributed by atoms with E-state index in [-0.39, 0.29) is 30.6 Å². The molecule has 1 rings (SSSR count). The molecule has 0 spiro atoms. The summed E-state index contributed by atoms with van der Waals surface area (Å²) in [6, 6.07) is 0. The molecule has 0 aromatic carbocycles. The highest BCUT2D eigenvalue weighted by Crippen LogP contribution is 2.40. The maximum atomic E-state index is 10.7. The van der Waals surface area contributed by atoms with E-state index in [4.69, 9.17) is 9.47 Å². The third-order valence-corrected chi connectivity index (χ3v) is 2.06. The number of esters is 2. The van der Waals surface area contributed by atoms with Crippen LogP contribution < -0.4 is 0 Å². The molecule has 4 heteroatoms. The van der Waals surface area contributed by atoms with Gasteiger partial charge in [0, 0.05) is 19.8 Å². The van der Waals surface area contributed by atoms with Crippen molar-refractivity contribution in [3.05, 3.63) is 12.2 Å². The van der Waals surface area contributed by atoms with E-state index in [0.717, 1.165) is 12.0 Å². The summed E-state index contributed by atoms with van der Waals surface area (Å²) in [7, 11) is 0. The summed E-state index contributed by atoms with van der Waals surface area (Å²) in [5, 5.41) is 0. The van der Waals surface area contributed by atoms with Crippen LogP contribution in [-0.4, -0.2) is 24.6 Å². The largest absolute Gasteiger partial charge is 0.462 e. The second kappa shape index (κ2) is 4.26. The van der Waals surface area contributed by atoms with Gasteiger partial charge in [-0.3, -0.25) is 9.59 Å². The van der Waals surface area contributed by atoms with Crippen LogP contribution in [0.5, 0.6) is 0 Å². The molecule has 0 aromatic heterocycles. The molecule has 4 nitrogen and oxygen atoms in total. The first kappa shape index (κ1) is 10.8. The molecule has 2 atom stereocenters. The number of hydrogen-bond donors (Lipinski definition) is 0. The molecule has 0 heterocycles. The van der Waals surface area contributed by atoms with Gasteiger partial charge in [0.05, 0.1) is 0 Å². The molecule has 14 heavy (non-hydrogen) atoms. The predicted octanol–water partition coefficient (Wildman–Crippen LogP) is 1.06. The van der Waals surface area contributed by atoms with E-state index >= 15 is 0 Å². The quantitative estimate of drug-likeness (QED) is 0.500. The van der Waals surface area contributed by atoms with Crippen molar-refractivity contribution in [2.45, 2.75) is 26.4 Å². The fourth-order valence-corrected chi connectivity index (χ4v) is 1.26. The van der Waals surface area contributed by atoms with Crippen LogP contribution in [0.3, 0.4) is 0 Å². The van der Waals surface area contributed by atoms with Crippen molar-refractivity contribution in [1.82, 2.24) is 0 Å². The second-order valence-corrected chi connectivity index (χ2v) is 3.42. The van der Waals surface area contributed by atoms with Gasteiger partial charge in [0.15, 0.2) is 0 Å². The first-order chi connectivity index (χ1) is 6.50. The number of carbonyl (C=O) groups excluding carboxylic acids is 2. The van der Waals surface area contributed by atoms with E-state index in [9.17, 15) is 9.59 Å². The predicted molar refractivity (Wildman–Crippen MR) is 49.4 cm³/mol. The van der Waals surface area contributed by atoms with Gasteiger partial charge in [-0.2, -0.15) is 0 Å². The van der Waals surface area contributed by atoms with Crippen molar-refractivity contribution in [2.75, 3.05) is 6.61 Å². The highest BCUT2D eigenvalue weighted by atomic mass is 16.6. The molecule has 0 N–H and O–H groups in total. The minimum Gasteiger partial charge on any atom is -0.462 e. The summed E-state index contributed by atoms with van der Waals surface area (Å²) in [5.74, 6) is -0.562. The monoisotopic (exact) mass is 198 g/mol. The average Bonchev–Trinajstić information content (AvgIpc) is 2.75. The Labute approximate surface area is 82.9 Å². The molecule has 78 valence electrons. The molecule has 0 bridgehead atoms. The normalized spacial score (nSPS) is 21.3. The lowest BCUT2D eigenvalue weighted by atomic mass is 10.2. The van der Waals surface area contributed by atoms with Crippen LogP contribution in [0, 0.1) is 5.92 Å². The highest BCUT2D eigenvalue weighted by Gasteiger charge is 2.38. The topological polar surface area (TPSA) is 52.6 Å². The van der Waals surface area contributed by atoms with Gasteiger partial charge < -0.3 is 9.47 Å². The molecule has 1 saturated carbocycles. The summed E-state index contributed by atoms with van der Waals surface area (Å²) < 4.78 is 9.82. The van der Waals surface area contributed by atoms with Crippen LogP contribution in [0.25, 0.3) is 0 Å². The van der Waals surface area contributed by atoms with Crippen LogP contribution in [-0.2, 0) is 19.1 Å². The molecule has 0 saturated heterocycles. The molecular formula is C10H14O4. The van der Waals surface area contributed by atoms with Gasteiger partial charge in [0.25, 0.3) is 0 Å². The van der Waals surface area contributed by atoms with Gasteiger partial charge in [-0.15, -0.1) is 0 Å². The zero-order valence-electron chi connectivity index (χ0n) is 8.41. The molecular weight excluding hydrogens is 184 g/mol. The van der Waals surface area contributed by atoms with E-state index < -0.39 is 0 Å². The van der Waals surface area contributed by atoms with Crippen LogP contribution in [0.4, 0.5) is 0 Å². The summed E-state index contributed by atoms with van der Waals surface area (Å²) in [6.07, 6.45) is 0.489. The maximum absolute atomic E-state index is 10.7. The minimum absolute atomic E-state index is 0.124. The molecule has 0 aromatic rings. The number of rotatable bonds is 4. The fraction of sp³-hybridized carbons (Fsp3) is 0.600. The Morgan fingerprint density at radius 3 is 2.43 bits per heavy atom. The fourth-order valence-electron chi connectivity index (χ4n) is 1.26. The van der Waals surface area contributed by atoms with Gasteiger partial charge in [-0.1, -0.05) is 12.2 Å². The number of hydrogen-bond acceptors (Lipinski definition) is 4. The smallest absolute Gasteiger partial charge is 0.303 e. The Balaban J connectivity index is 2.40. The third-order valence-electron chi connectivity index (χ3n) is 2.06. The van der Waals surface area contributed by atoms with Crippen molar-refractivity contribution in [2.24, 2.45) is 5.92 Å². The van der Waals surface area contributed by atoms with Gasteiger partial charge in [0.2, 0.25) is 0 Å². The molecule has 1 aliphatic rings. The number of carbonyl (C=O) groups is 2. The van der Waals surface area contributed by atoms with E-state index in [1.807, 2.05) is 0 Å². The zero-order chi connectivity index (χ0) is 10.7. The minimum atomic E-state index is -0.367. The summed E-state index contributed by atoms with van der Waals surface area (Å²) in [6.45, 7) is 6.56. The lowest BCUT2D eigenvalue weighted by Gasteiger charge is -2.15. The van der Waals surface area contributed by atoms with Gasteiger partial charge in [-0.05, 0) is 6.42 Å². The second-order valence-electron chi connectivity index (χ2n) is 3.42. The SMILES string of the molecule is C=C1C[C@H]1[C@@H](COC(C)=O)OC(C)=O. The third kappa shape index (κ3) is 3.20. The molecule has 0 radical (unpaired) electrons. The van der Waals surface area contributed by atoms with Crippen LogP contribution in [0.15, 0.2) is 12.2 Å². The van der Waals surface area contributed by atoms with Crippen molar-refractivity contribution in [3.8, 4) is 0 Å². The van der Waals surface area contributed by atoms with Crippen molar-refractivity contribution < 1.29 is 19.1 Å². The maximum Gasteiger partial charge on any atom is 0.303 e. The molecule has 1 fully saturated rings. The van der Waals surface area contributed by atoms with Crippen molar-refractivity contribution in [1.29, 1.82) is 0 Å². The average molecular weight is 198 g/mol. The Morgan fingerprint density at radius 1 is 1.50 bits per heavy atom. The molecule has 0 unspecified atom stereocenters. The van der Waals surface area contributed by atoms with E-state index in [1.54, 1.807) is 0 Å². The summed E-state index contributed by atoms with van der Waals surface area (Å²) >= 11 is 0. The van der Waals surface area contributed by atoms with Gasteiger partial charge in [0.1, 0.15) is 12.7 Å². The van der Waals surface area contributed by atoms with Crippen LogP contribution >= 0.6 is 0 Å². The lowest BCUT2D eigenvalue weighted by Crippen LogP contribution is -2.25. The number of ether oxygens (including phenoxy) is 2. The Morgan fingerprint density at radius 2 is 2.07 bits per heavy atom. The molecule has 0 amide bonds. The zero-order valence-corrected chi connectivity index (χ0v) is 8.41. The van der Waals surface area contributed by atoms with Gasteiger partial charge in [-0.25, -0.2) is 0 Å². The van der Waals surface area contributed by atoms with E-state index in [1.165, 1.54) is 13.8 Å². The van der Waals surface area contributed by atoms with Crippen LogP contribution in [0.1, 0.15) is 20.3 Å². The van der Waals surface area contributed by atoms with Crippen molar-refractivity contribution >= 4 is 11.9 Å². The van der Waals surface area contributed by atoms with Crippen molar-refractivity contribution in [3.63, 3.8) is 0 Å². The van der Waals surface area contributed by atoms with E-state index in [2.05, 4.69) is 6.58 Å². The standard InChI is InChI=1S/C10H14O4/c1-6-4-9(6)10(14-8(3)12)5-13-7(2)11/h9-10H,1,4-5H2,2-3H3/t9-,10-/m1/s1. The van der Waals surface area contributed by atoms with E-state index in [0.29, 0.717) is 0 Å².